The van der Waals surface area contributed by atoms with Crippen LogP contribution < -0.4 is 9.64 Å². The molecule has 0 aromatic heterocycles. The Labute approximate surface area is 208 Å². The smallest absolute Gasteiger partial charge is 0.416 e. The van der Waals surface area contributed by atoms with E-state index in [0.29, 0.717) is 22.8 Å². The molecule has 1 spiro atoms. The van der Waals surface area contributed by atoms with Crippen molar-refractivity contribution in [3.63, 3.8) is 0 Å². The van der Waals surface area contributed by atoms with Crippen LogP contribution in [0.2, 0.25) is 0 Å². The minimum atomic E-state index is -4.53. The number of benzene rings is 3. The lowest BCUT2D eigenvalue weighted by Gasteiger charge is -2.33. The molecular weight excluding hydrogens is 496 g/mol. The van der Waals surface area contributed by atoms with Crippen molar-refractivity contribution in [3.05, 3.63) is 94.8 Å². The van der Waals surface area contributed by atoms with Crippen LogP contribution in [0.1, 0.15) is 27.0 Å². The lowest BCUT2D eigenvalue weighted by Crippen LogP contribution is -2.50. The number of amides is 2. The Balaban J connectivity index is 1.60. The van der Waals surface area contributed by atoms with Crippen molar-refractivity contribution in [1.29, 1.82) is 0 Å². The molecule has 5 nitrogen and oxygen atoms in total. The average Bonchev–Trinajstić information content (AvgIpc) is 3.40. The first-order valence-corrected chi connectivity index (χ1v) is 12.0. The predicted molar refractivity (Wildman–Crippen MR) is 127 cm³/mol. The molecule has 3 aromatic carbocycles. The maximum atomic E-state index is 14.5. The van der Waals surface area contributed by atoms with Crippen LogP contribution >= 0.6 is 11.8 Å². The van der Waals surface area contributed by atoms with E-state index in [2.05, 4.69) is 0 Å². The van der Waals surface area contributed by atoms with Gasteiger partial charge in [-0.1, -0.05) is 24.3 Å². The van der Waals surface area contributed by atoms with Crippen LogP contribution in [0.3, 0.4) is 0 Å². The average molecular weight is 517 g/mol. The number of anilines is 1. The summed E-state index contributed by atoms with van der Waals surface area (Å²) in [5.41, 5.74) is 0.243. The summed E-state index contributed by atoms with van der Waals surface area (Å²) in [4.78, 5) is 28.8. The van der Waals surface area contributed by atoms with Gasteiger partial charge in [0.25, 0.3) is 11.8 Å². The number of halogens is 4. The molecule has 186 valence electrons. The molecule has 2 aliphatic heterocycles. The molecule has 36 heavy (non-hydrogen) atoms. The Hall–Kier alpha value is -3.53. The van der Waals surface area contributed by atoms with E-state index in [0.717, 1.165) is 12.1 Å². The van der Waals surface area contributed by atoms with E-state index in [1.807, 2.05) is 0 Å². The third-order valence-electron chi connectivity index (χ3n) is 6.34. The van der Waals surface area contributed by atoms with E-state index in [4.69, 9.17) is 4.74 Å². The van der Waals surface area contributed by atoms with Crippen molar-refractivity contribution in [3.8, 4) is 5.75 Å². The van der Waals surface area contributed by atoms with Crippen molar-refractivity contribution in [2.24, 2.45) is 0 Å². The van der Waals surface area contributed by atoms with Crippen LogP contribution in [-0.4, -0.2) is 36.1 Å². The van der Waals surface area contributed by atoms with E-state index in [9.17, 15) is 27.2 Å². The van der Waals surface area contributed by atoms with Crippen LogP contribution in [0, 0.1) is 5.82 Å². The Morgan fingerprint density at radius 3 is 2.58 bits per heavy atom. The number of fused-ring (bicyclic) bond motifs is 2. The van der Waals surface area contributed by atoms with Gasteiger partial charge in [0, 0.05) is 17.9 Å². The number of methoxy groups -OCH3 is 1. The summed E-state index contributed by atoms with van der Waals surface area (Å²) in [6.45, 7) is 0.0593. The number of rotatable bonds is 4. The van der Waals surface area contributed by atoms with E-state index in [1.54, 1.807) is 24.3 Å². The molecule has 2 aliphatic rings. The van der Waals surface area contributed by atoms with E-state index in [-0.39, 0.29) is 24.2 Å². The van der Waals surface area contributed by atoms with E-state index in [1.165, 1.54) is 59.0 Å². The first kappa shape index (κ1) is 24.2. The Bertz CT molecular complexity index is 1360. The highest BCUT2D eigenvalue weighted by molar-refractivity contribution is 8.01. The standard InChI is InChI=1S/C26H20F4N2O3S/c1-35-18-9-10-22-20(14-18)25(32(11-12-36-25)23(33)19-7-2-3-8-21(19)27)24(34)31(22)15-16-5-4-6-17(13-16)26(28,29)30/h2-10,13-14H,11-12,15H2,1H3. The van der Waals surface area contributed by atoms with Gasteiger partial charge in [0.2, 0.25) is 0 Å². The number of alkyl halides is 3. The molecule has 0 bridgehead atoms. The normalized spacial score (nSPS) is 19.2. The highest BCUT2D eigenvalue weighted by Crippen LogP contribution is 2.55. The first-order valence-electron chi connectivity index (χ1n) is 11.0. The maximum absolute atomic E-state index is 14.5. The number of carbonyl (C=O) groups excluding carboxylic acids is 2. The van der Waals surface area contributed by atoms with Gasteiger partial charge in [-0.2, -0.15) is 13.2 Å². The number of hydrogen-bond donors (Lipinski definition) is 0. The Morgan fingerprint density at radius 2 is 1.86 bits per heavy atom. The van der Waals surface area contributed by atoms with Gasteiger partial charge >= 0.3 is 6.18 Å². The Morgan fingerprint density at radius 1 is 1.08 bits per heavy atom. The van der Waals surface area contributed by atoms with E-state index < -0.39 is 34.2 Å². The minimum absolute atomic E-state index is 0.133. The molecule has 2 heterocycles. The van der Waals surface area contributed by atoms with Crippen LogP contribution in [0.4, 0.5) is 23.2 Å². The molecule has 1 saturated heterocycles. The van der Waals surface area contributed by atoms with Crippen molar-refractivity contribution >= 4 is 29.3 Å². The quantitative estimate of drug-likeness (QED) is 0.434. The summed E-state index contributed by atoms with van der Waals surface area (Å²) < 4.78 is 59.7. The summed E-state index contributed by atoms with van der Waals surface area (Å²) in [7, 11) is 1.47. The fourth-order valence-corrected chi connectivity index (χ4v) is 6.14. The fraction of sp³-hybridized carbons (Fsp3) is 0.231. The highest BCUT2D eigenvalue weighted by Gasteiger charge is 2.59. The fourth-order valence-electron chi connectivity index (χ4n) is 4.69. The largest absolute Gasteiger partial charge is 0.497 e. The molecule has 0 N–H and O–H groups in total. The molecule has 1 unspecified atom stereocenters. The second-order valence-corrected chi connectivity index (χ2v) is 9.69. The number of nitrogens with zero attached hydrogens (tertiary/aromatic N) is 2. The van der Waals surface area contributed by atoms with Crippen molar-refractivity contribution < 1.29 is 31.9 Å². The highest BCUT2D eigenvalue weighted by atomic mass is 32.2. The lowest BCUT2D eigenvalue weighted by atomic mass is 10.0. The van der Waals surface area contributed by atoms with Crippen molar-refractivity contribution in [1.82, 2.24) is 4.90 Å². The molecule has 1 fully saturated rings. The zero-order chi connectivity index (χ0) is 25.7. The summed E-state index contributed by atoms with van der Waals surface area (Å²) in [5, 5.41) is 0. The summed E-state index contributed by atoms with van der Waals surface area (Å²) in [6, 6.07) is 15.3. The zero-order valence-corrected chi connectivity index (χ0v) is 19.8. The first-order chi connectivity index (χ1) is 17.2. The number of ether oxygens (including phenoxy) is 1. The second kappa shape index (κ2) is 8.85. The van der Waals surface area contributed by atoms with Gasteiger partial charge in [-0.25, -0.2) is 4.39 Å². The Kier molecular flexibility index (Phi) is 5.94. The SMILES string of the molecule is COc1ccc2c(c1)C1(SCCN1C(=O)c1ccccc1F)C(=O)N2Cc1cccc(C(F)(F)F)c1. The number of thioether (sulfide) groups is 1. The molecule has 3 aromatic rings. The van der Waals surface area contributed by atoms with Crippen LogP contribution in [0.5, 0.6) is 5.75 Å². The molecule has 0 aliphatic carbocycles. The molecular formula is C26H20F4N2O3S. The predicted octanol–water partition coefficient (Wildman–Crippen LogP) is 5.44. The van der Waals surface area contributed by atoms with Crippen LogP contribution in [-0.2, 0) is 22.4 Å². The van der Waals surface area contributed by atoms with Crippen LogP contribution in [0.25, 0.3) is 0 Å². The van der Waals surface area contributed by atoms with Crippen molar-refractivity contribution in [2.45, 2.75) is 17.6 Å². The monoisotopic (exact) mass is 516 g/mol. The maximum Gasteiger partial charge on any atom is 0.416 e. The summed E-state index contributed by atoms with van der Waals surface area (Å²) >= 11 is 1.24. The molecule has 0 radical (unpaired) electrons. The van der Waals surface area contributed by atoms with Gasteiger partial charge in [0.15, 0.2) is 4.87 Å². The third-order valence-corrected chi connectivity index (χ3v) is 7.76. The van der Waals surface area contributed by atoms with Gasteiger partial charge in [0.1, 0.15) is 11.6 Å². The van der Waals surface area contributed by atoms with Gasteiger partial charge in [0.05, 0.1) is 30.5 Å². The minimum Gasteiger partial charge on any atom is -0.497 e. The van der Waals surface area contributed by atoms with Gasteiger partial charge < -0.3 is 14.5 Å². The van der Waals surface area contributed by atoms with E-state index >= 15 is 0 Å². The van der Waals surface area contributed by atoms with Gasteiger partial charge in [-0.05, 0) is 48.0 Å². The van der Waals surface area contributed by atoms with Crippen LogP contribution in [0.15, 0.2) is 66.7 Å². The van der Waals surface area contributed by atoms with Crippen molar-refractivity contribution in [2.75, 3.05) is 24.3 Å². The molecule has 10 heteroatoms. The second-order valence-electron chi connectivity index (χ2n) is 8.40. The third kappa shape index (κ3) is 3.80. The number of hydrogen-bond acceptors (Lipinski definition) is 4. The molecule has 2 amide bonds. The zero-order valence-electron chi connectivity index (χ0n) is 19.0. The molecule has 5 rings (SSSR count). The topological polar surface area (TPSA) is 49.9 Å². The lowest BCUT2D eigenvalue weighted by molar-refractivity contribution is -0.137. The number of carbonyl (C=O) groups is 2. The summed E-state index contributed by atoms with van der Waals surface area (Å²) in [6.07, 6.45) is -4.53. The molecule has 1 atom stereocenters. The van der Waals surface area contributed by atoms with Gasteiger partial charge in [-0.3, -0.25) is 9.59 Å². The van der Waals surface area contributed by atoms with Gasteiger partial charge in [-0.15, -0.1) is 11.8 Å². The molecule has 0 saturated carbocycles. The summed E-state index contributed by atoms with van der Waals surface area (Å²) in [5.74, 6) is -0.948.